The first-order chi connectivity index (χ1) is 15.9. The fraction of sp³-hybridized carbons (Fsp3) is 0.273. The molecule has 1 aliphatic rings. The lowest BCUT2D eigenvalue weighted by molar-refractivity contribution is -0.145. The highest BCUT2D eigenvalue weighted by molar-refractivity contribution is 7.89. The highest BCUT2D eigenvalue weighted by atomic mass is 32.2. The Kier molecular flexibility index (Phi) is 6.80. The van der Waals surface area contributed by atoms with E-state index in [0.717, 1.165) is 11.3 Å². The number of ether oxygens (including phenoxy) is 4. The first-order valence-electron chi connectivity index (χ1n) is 10.1. The van der Waals surface area contributed by atoms with Gasteiger partial charge in [-0.3, -0.25) is 4.79 Å². The van der Waals surface area contributed by atoms with Crippen LogP contribution in [0.25, 0.3) is 11.3 Å². The van der Waals surface area contributed by atoms with Gasteiger partial charge < -0.3 is 23.5 Å². The summed E-state index contributed by atoms with van der Waals surface area (Å²) in [6.45, 7) is 0.527. The number of carbonyl (C=O) groups is 1. The molecule has 3 aromatic rings. The first kappa shape index (κ1) is 22.6. The quantitative estimate of drug-likeness (QED) is 0.466. The molecule has 0 unspecified atom stereocenters. The molecule has 0 saturated heterocycles. The van der Waals surface area contributed by atoms with E-state index in [9.17, 15) is 13.2 Å². The number of hydrogen-bond acceptors (Lipinski definition) is 9. The Labute approximate surface area is 190 Å². The first-order valence-corrected chi connectivity index (χ1v) is 11.6. The summed E-state index contributed by atoms with van der Waals surface area (Å²) in [6, 6.07) is 13.3. The second-order valence-electron chi connectivity index (χ2n) is 7.02. The lowest BCUT2D eigenvalue weighted by atomic mass is 10.1. The summed E-state index contributed by atoms with van der Waals surface area (Å²) in [4.78, 5) is 12.0. The second kappa shape index (κ2) is 9.92. The van der Waals surface area contributed by atoms with Crippen molar-refractivity contribution in [2.75, 3.05) is 26.9 Å². The Morgan fingerprint density at radius 1 is 1.06 bits per heavy atom. The third-order valence-electron chi connectivity index (χ3n) is 4.77. The molecule has 0 atom stereocenters. The van der Waals surface area contributed by atoms with Crippen molar-refractivity contribution in [1.29, 1.82) is 0 Å². The normalized spacial score (nSPS) is 12.9. The van der Waals surface area contributed by atoms with Gasteiger partial charge in [0.25, 0.3) is 0 Å². The Balaban J connectivity index is 1.25. The number of esters is 1. The molecule has 174 valence electrons. The van der Waals surface area contributed by atoms with Gasteiger partial charge in [-0.1, -0.05) is 5.16 Å². The third-order valence-corrected chi connectivity index (χ3v) is 6.22. The van der Waals surface area contributed by atoms with Crippen LogP contribution in [0, 0.1) is 0 Å². The minimum Gasteiger partial charge on any atom is -0.497 e. The van der Waals surface area contributed by atoms with Crippen molar-refractivity contribution >= 4 is 16.0 Å². The molecule has 33 heavy (non-hydrogen) atoms. The van der Waals surface area contributed by atoms with Gasteiger partial charge in [-0.25, -0.2) is 13.1 Å². The van der Waals surface area contributed by atoms with Crippen LogP contribution in [-0.4, -0.2) is 46.4 Å². The zero-order chi connectivity index (χ0) is 23.3. The second-order valence-corrected chi connectivity index (χ2v) is 8.79. The number of sulfonamides is 1. The molecule has 0 amide bonds. The maximum absolute atomic E-state index is 12.5. The van der Waals surface area contributed by atoms with Crippen LogP contribution in [-0.2, 0) is 26.2 Å². The van der Waals surface area contributed by atoms with Crippen LogP contribution >= 0.6 is 0 Å². The topological polar surface area (TPSA) is 126 Å². The Morgan fingerprint density at radius 3 is 2.58 bits per heavy atom. The molecule has 0 saturated carbocycles. The molecule has 4 rings (SSSR count). The highest BCUT2D eigenvalue weighted by Gasteiger charge is 2.19. The molecule has 0 fully saturated rings. The van der Waals surface area contributed by atoms with Gasteiger partial charge in [-0.05, 0) is 36.4 Å². The van der Waals surface area contributed by atoms with E-state index in [1.165, 1.54) is 18.2 Å². The maximum Gasteiger partial charge on any atom is 0.307 e. The summed E-state index contributed by atoms with van der Waals surface area (Å²) < 4.78 is 53.6. The zero-order valence-electron chi connectivity index (χ0n) is 17.8. The molecule has 1 N–H and O–H groups in total. The summed E-state index contributed by atoms with van der Waals surface area (Å²) in [6.07, 6.45) is -0.150. The number of nitrogens with zero attached hydrogens (tertiary/aromatic N) is 1. The Hall–Kier alpha value is -3.57. The molecule has 11 heteroatoms. The maximum atomic E-state index is 12.5. The highest BCUT2D eigenvalue weighted by Crippen LogP contribution is 2.32. The molecule has 0 spiro atoms. The number of aromatic nitrogens is 1. The van der Waals surface area contributed by atoms with Crippen LogP contribution in [0.3, 0.4) is 0 Å². The average molecular weight is 474 g/mol. The van der Waals surface area contributed by atoms with E-state index in [1.807, 2.05) is 12.1 Å². The van der Waals surface area contributed by atoms with Crippen molar-refractivity contribution in [1.82, 2.24) is 9.88 Å². The molecule has 1 aliphatic heterocycles. The number of methoxy groups -OCH3 is 1. The molecule has 2 heterocycles. The fourth-order valence-electron chi connectivity index (χ4n) is 3.06. The predicted octanol–water partition coefficient (Wildman–Crippen LogP) is 2.53. The van der Waals surface area contributed by atoms with E-state index in [0.29, 0.717) is 36.2 Å². The number of fused-ring (bicyclic) bond motifs is 1. The lowest BCUT2D eigenvalue weighted by Gasteiger charge is -2.18. The molecule has 0 radical (unpaired) electrons. The SMILES string of the molecule is COc1ccc(-c2cc(COC(=O)CCNS(=O)(=O)c3ccc4c(c3)OCCO4)on2)cc1. The fourth-order valence-corrected chi connectivity index (χ4v) is 4.11. The molecule has 2 aromatic carbocycles. The van der Waals surface area contributed by atoms with Gasteiger partial charge in [0.2, 0.25) is 10.0 Å². The molecular weight excluding hydrogens is 452 g/mol. The van der Waals surface area contributed by atoms with Gasteiger partial charge in [0.1, 0.15) is 24.7 Å². The van der Waals surface area contributed by atoms with E-state index < -0.39 is 16.0 Å². The van der Waals surface area contributed by atoms with E-state index in [2.05, 4.69) is 9.88 Å². The third kappa shape index (κ3) is 5.62. The summed E-state index contributed by atoms with van der Waals surface area (Å²) in [7, 11) is -2.24. The lowest BCUT2D eigenvalue weighted by Crippen LogP contribution is -2.27. The summed E-state index contributed by atoms with van der Waals surface area (Å²) in [5.74, 6) is 1.37. The van der Waals surface area contributed by atoms with Gasteiger partial charge in [-0.15, -0.1) is 0 Å². The van der Waals surface area contributed by atoms with Crippen molar-refractivity contribution in [2.24, 2.45) is 0 Å². The van der Waals surface area contributed by atoms with Crippen LogP contribution in [0.4, 0.5) is 0 Å². The van der Waals surface area contributed by atoms with Gasteiger partial charge >= 0.3 is 5.97 Å². The summed E-state index contributed by atoms with van der Waals surface area (Å²) >= 11 is 0. The van der Waals surface area contributed by atoms with E-state index in [1.54, 1.807) is 25.3 Å². The number of benzene rings is 2. The Morgan fingerprint density at radius 2 is 1.82 bits per heavy atom. The van der Waals surface area contributed by atoms with Gasteiger partial charge in [0.15, 0.2) is 23.9 Å². The molecular formula is C22H22N2O8S. The van der Waals surface area contributed by atoms with Crippen LogP contribution in [0.1, 0.15) is 12.2 Å². The van der Waals surface area contributed by atoms with Crippen LogP contribution in [0.5, 0.6) is 17.2 Å². The number of carbonyl (C=O) groups excluding carboxylic acids is 1. The monoisotopic (exact) mass is 474 g/mol. The predicted molar refractivity (Wildman–Crippen MR) is 116 cm³/mol. The number of nitrogens with one attached hydrogen (secondary N) is 1. The largest absolute Gasteiger partial charge is 0.497 e. The number of rotatable bonds is 9. The van der Waals surface area contributed by atoms with Crippen LogP contribution in [0.15, 0.2) is 57.9 Å². The van der Waals surface area contributed by atoms with Crippen LogP contribution in [0.2, 0.25) is 0 Å². The molecule has 1 aromatic heterocycles. The van der Waals surface area contributed by atoms with Crippen LogP contribution < -0.4 is 18.9 Å². The molecule has 0 bridgehead atoms. The van der Waals surface area contributed by atoms with Crippen molar-refractivity contribution < 1.29 is 36.7 Å². The van der Waals surface area contributed by atoms with Crippen molar-refractivity contribution in [3.05, 3.63) is 54.3 Å². The van der Waals surface area contributed by atoms with Gasteiger partial charge in [-0.2, -0.15) is 0 Å². The minimum atomic E-state index is -3.82. The summed E-state index contributed by atoms with van der Waals surface area (Å²) in [5.41, 5.74) is 1.42. The minimum absolute atomic E-state index is 0.0211. The standard InChI is InChI=1S/C22H22N2O8S/c1-28-16-4-2-15(3-5-16)19-12-17(32-24-19)14-31-22(25)8-9-23-33(26,27)18-6-7-20-21(13-18)30-11-10-29-20/h2-7,12-13,23H,8-11,14H2,1H3. The number of hydrogen-bond donors (Lipinski definition) is 1. The average Bonchev–Trinajstić information content (AvgIpc) is 3.31. The van der Waals surface area contributed by atoms with Crippen molar-refractivity contribution in [3.63, 3.8) is 0 Å². The van der Waals surface area contributed by atoms with Gasteiger partial charge in [0, 0.05) is 24.2 Å². The summed E-state index contributed by atoms with van der Waals surface area (Å²) in [5, 5.41) is 3.96. The van der Waals surface area contributed by atoms with E-state index >= 15 is 0 Å². The van der Waals surface area contributed by atoms with E-state index in [-0.39, 0.29) is 24.5 Å². The smallest absolute Gasteiger partial charge is 0.307 e. The molecule has 10 nitrogen and oxygen atoms in total. The van der Waals surface area contributed by atoms with Crippen molar-refractivity contribution in [3.8, 4) is 28.5 Å². The molecule has 0 aliphatic carbocycles. The zero-order valence-corrected chi connectivity index (χ0v) is 18.6. The Bertz CT molecular complexity index is 1220. The van der Waals surface area contributed by atoms with Gasteiger partial charge in [0.05, 0.1) is 18.4 Å². The van der Waals surface area contributed by atoms with Crippen molar-refractivity contribution in [2.45, 2.75) is 17.9 Å². The van der Waals surface area contributed by atoms with E-state index in [4.69, 9.17) is 23.5 Å².